The Kier molecular flexibility index (Phi) is 8.11. The van der Waals surface area contributed by atoms with Gasteiger partial charge in [-0.1, -0.05) is 30.3 Å². The van der Waals surface area contributed by atoms with Gasteiger partial charge in [-0.05, 0) is 53.9 Å². The van der Waals surface area contributed by atoms with E-state index in [2.05, 4.69) is 17.0 Å². The largest absolute Gasteiger partial charge is 0.491 e. The smallest absolute Gasteiger partial charge is 0.261 e. The van der Waals surface area contributed by atoms with E-state index in [1.165, 1.54) is 16.0 Å². The van der Waals surface area contributed by atoms with Crippen LogP contribution in [-0.2, 0) is 22.4 Å². The first-order valence-corrected chi connectivity index (χ1v) is 12.8. The molecule has 0 aromatic heterocycles. The van der Waals surface area contributed by atoms with Crippen molar-refractivity contribution >= 4 is 23.8 Å². The topological polar surface area (TPSA) is 85.4 Å². The molecule has 0 spiro atoms. The van der Waals surface area contributed by atoms with Gasteiger partial charge in [0.05, 0.1) is 44.1 Å². The lowest BCUT2D eigenvalue weighted by Crippen LogP contribution is -2.33. The van der Waals surface area contributed by atoms with Crippen molar-refractivity contribution in [3.63, 3.8) is 0 Å². The Morgan fingerprint density at radius 2 is 1.50 bits per heavy atom. The molecule has 2 amide bonds. The number of hydrogen-bond acceptors (Lipinski definition) is 7. The van der Waals surface area contributed by atoms with Crippen molar-refractivity contribution in [2.75, 3.05) is 51.0 Å². The average molecular weight is 515 g/mol. The quantitative estimate of drug-likeness (QED) is 0.207. The number of benzene rings is 3. The molecule has 0 saturated carbocycles. The van der Waals surface area contributed by atoms with Gasteiger partial charge in [0.2, 0.25) is 0 Å². The number of anilines is 1. The van der Waals surface area contributed by atoms with Gasteiger partial charge in [0, 0.05) is 24.3 Å². The van der Waals surface area contributed by atoms with Gasteiger partial charge >= 0.3 is 0 Å². The molecule has 0 bridgehead atoms. The minimum Gasteiger partial charge on any atom is -0.491 e. The summed E-state index contributed by atoms with van der Waals surface area (Å²) in [4.78, 5) is 39.3. The predicted molar refractivity (Wildman–Crippen MR) is 142 cm³/mol. The molecule has 3 aromatic carbocycles. The van der Waals surface area contributed by atoms with Crippen LogP contribution in [0, 0.1) is 0 Å². The molecule has 5 rings (SSSR count). The molecule has 0 atom stereocenters. The molecule has 2 aliphatic heterocycles. The Balaban J connectivity index is 0.968. The van der Waals surface area contributed by atoms with Crippen LogP contribution in [0.2, 0.25) is 0 Å². The summed E-state index contributed by atoms with van der Waals surface area (Å²) in [6, 6.07) is 20.7. The highest BCUT2D eigenvalue weighted by Crippen LogP contribution is 2.28. The van der Waals surface area contributed by atoms with Crippen LogP contribution in [0.4, 0.5) is 5.69 Å². The number of imide groups is 1. The van der Waals surface area contributed by atoms with E-state index in [1.54, 1.807) is 24.3 Å². The molecule has 196 valence electrons. The summed E-state index contributed by atoms with van der Waals surface area (Å²) in [5, 5.41) is 0. The average Bonchev–Trinajstić information content (AvgIpc) is 3.20. The van der Waals surface area contributed by atoms with Crippen LogP contribution >= 0.6 is 0 Å². The molecule has 0 aliphatic carbocycles. The zero-order valence-electron chi connectivity index (χ0n) is 21.1. The van der Waals surface area contributed by atoms with Gasteiger partial charge in [-0.25, -0.2) is 0 Å². The van der Waals surface area contributed by atoms with Crippen molar-refractivity contribution in [2.45, 2.75) is 13.0 Å². The number of carbonyl (C=O) groups is 3. The molecule has 2 aliphatic rings. The van der Waals surface area contributed by atoms with Crippen LogP contribution in [0.25, 0.3) is 0 Å². The molecule has 0 saturated heterocycles. The third-order valence-electron chi connectivity index (χ3n) is 6.77. The van der Waals surface area contributed by atoms with E-state index in [1.807, 2.05) is 30.3 Å². The molecule has 2 heterocycles. The highest BCUT2D eigenvalue weighted by molar-refractivity contribution is 6.21. The van der Waals surface area contributed by atoms with Crippen molar-refractivity contribution in [2.24, 2.45) is 0 Å². The molecule has 0 unspecified atom stereocenters. The first-order valence-electron chi connectivity index (χ1n) is 12.8. The summed E-state index contributed by atoms with van der Waals surface area (Å²) in [6.07, 6.45) is 1.79. The first kappa shape index (κ1) is 25.6. The standard InChI is InChI=1S/C30H30N2O6/c33-21-22-4-3-5-25(18-22)31-11-10-23-19-26(9-8-24(23)20-31)38-17-16-37-15-14-36-13-12-32-29(34)27-6-1-2-7-28(27)30(32)35/h1-9,18-19,21H,10-17,20H2. The number of carbonyl (C=O) groups excluding carboxylic acids is 3. The minimum absolute atomic E-state index is 0.219. The Labute approximate surface area is 221 Å². The maximum absolute atomic E-state index is 12.3. The second-order valence-electron chi connectivity index (χ2n) is 9.20. The Bertz CT molecular complexity index is 1290. The molecular formula is C30H30N2O6. The first-order chi connectivity index (χ1) is 18.6. The SMILES string of the molecule is O=Cc1cccc(N2CCc3cc(OCCOCCOCCN4C(=O)c5ccccc5C4=O)ccc3C2)c1. The number of fused-ring (bicyclic) bond motifs is 2. The highest BCUT2D eigenvalue weighted by Gasteiger charge is 2.34. The summed E-state index contributed by atoms with van der Waals surface area (Å²) in [6.45, 7) is 3.79. The van der Waals surface area contributed by atoms with Gasteiger partial charge in [0.1, 0.15) is 18.6 Å². The van der Waals surface area contributed by atoms with E-state index in [4.69, 9.17) is 14.2 Å². The molecule has 8 nitrogen and oxygen atoms in total. The lowest BCUT2D eigenvalue weighted by Gasteiger charge is -2.31. The van der Waals surface area contributed by atoms with Gasteiger partial charge in [-0.3, -0.25) is 19.3 Å². The van der Waals surface area contributed by atoms with E-state index in [0.29, 0.717) is 43.1 Å². The second-order valence-corrected chi connectivity index (χ2v) is 9.20. The van der Waals surface area contributed by atoms with Crippen molar-refractivity contribution < 1.29 is 28.6 Å². The lowest BCUT2D eigenvalue weighted by molar-refractivity contribution is 0.0282. The van der Waals surface area contributed by atoms with E-state index >= 15 is 0 Å². The number of hydrogen-bond donors (Lipinski definition) is 0. The number of rotatable bonds is 12. The minimum atomic E-state index is -0.272. The maximum atomic E-state index is 12.3. The Morgan fingerprint density at radius 3 is 2.26 bits per heavy atom. The summed E-state index contributed by atoms with van der Waals surface area (Å²) < 4.78 is 17.0. The zero-order valence-corrected chi connectivity index (χ0v) is 21.1. The fourth-order valence-corrected chi connectivity index (χ4v) is 4.77. The molecular weight excluding hydrogens is 484 g/mol. The number of ether oxygens (including phenoxy) is 3. The van der Waals surface area contributed by atoms with Crippen LogP contribution < -0.4 is 9.64 Å². The lowest BCUT2D eigenvalue weighted by atomic mass is 9.99. The number of aldehydes is 1. The van der Waals surface area contributed by atoms with E-state index in [9.17, 15) is 14.4 Å². The van der Waals surface area contributed by atoms with Crippen LogP contribution in [0.1, 0.15) is 42.2 Å². The third-order valence-corrected chi connectivity index (χ3v) is 6.77. The summed E-state index contributed by atoms with van der Waals surface area (Å²) >= 11 is 0. The molecule has 0 fully saturated rings. The maximum Gasteiger partial charge on any atom is 0.261 e. The third kappa shape index (κ3) is 5.77. The van der Waals surface area contributed by atoms with Gasteiger partial charge in [-0.2, -0.15) is 0 Å². The van der Waals surface area contributed by atoms with Gasteiger partial charge in [0.25, 0.3) is 11.8 Å². The summed E-state index contributed by atoms with van der Waals surface area (Å²) in [7, 11) is 0. The van der Waals surface area contributed by atoms with Crippen molar-refractivity contribution in [3.8, 4) is 5.75 Å². The Hall–Kier alpha value is -4.01. The van der Waals surface area contributed by atoms with Crippen molar-refractivity contribution in [3.05, 3.63) is 94.5 Å². The van der Waals surface area contributed by atoms with E-state index in [-0.39, 0.29) is 25.0 Å². The van der Waals surface area contributed by atoms with Crippen LogP contribution in [0.15, 0.2) is 66.7 Å². The number of amides is 2. The second kappa shape index (κ2) is 12.0. The van der Waals surface area contributed by atoms with Gasteiger partial charge in [-0.15, -0.1) is 0 Å². The highest BCUT2D eigenvalue weighted by atomic mass is 16.5. The Morgan fingerprint density at radius 1 is 0.763 bits per heavy atom. The van der Waals surface area contributed by atoms with Crippen LogP contribution in [0.3, 0.4) is 0 Å². The van der Waals surface area contributed by atoms with E-state index < -0.39 is 0 Å². The molecule has 38 heavy (non-hydrogen) atoms. The molecule has 3 aromatic rings. The van der Waals surface area contributed by atoms with Crippen molar-refractivity contribution in [1.82, 2.24) is 4.90 Å². The summed E-state index contributed by atoms with van der Waals surface area (Å²) in [5.41, 5.74) is 5.18. The monoisotopic (exact) mass is 514 g/mol. The predicted octanol–water partition coefficient (Wildman–Crippen LogP) is 3.77. The number of nitrogens with zero attached hydrogens (tertiary/aromatic N) is 2. The fourth-order valence-electron chi connectivity index (χ4n) is 4.77. The van der Waals surface area contributed by atoms with Crippen molar-refractivity contribution in [1.29, 1.82) is 0 Å². The van der Waals surface area contributed by atoms with E-state index in [0.717, 1.165) is 37.2 Å². The molecule has 8 heteroatoms. The summed E-state index contributed by atoms with van der Waals surface area (Å²) in [5.74, 6) is 0.277. The van der Waals surface area contributed by atoms with Gasteiger partial charge in [0.15, 0.2) is 0 Å². The van der Waals surface area contributed by atoms with Crippen LogP contribution in [0.5, 0.6) is 5.75 Å². The normalized spacial score (nSPS) is 14.4. The fraction of sp³-hybridized carbons (Fsp3) is 0.300. The van der Waals surface area contributed by atoms with Crippen LogP contribution in [-0.4, -0.2) is 69.1 Å². The van der Waals surface area contributed by atoms with Gasteiger partial charge < -0.3 is 19.1 Å². The zero-order chi connectivity index (χ0) is 26.3. The molecule has 0 radical (unpaired) electrons. The molecule has 0 N–H and O–H groups in total.